The number of ketones is 1. The molecule has 0 rings (SSSR count). The molecule has 0 saturated carbocycles. The molecule has 1 N–H and O–H groups in total. The number of esters is 1. The molecule has 0 radical (unpaired) electrons. The topological polar surface area (TPSA) is 72.8 Å². The molecule has 0 aliphatic rings. The van der Waals surface area contributed by atoms with Crippen LogP contribution in [0.3, 0.4) is 0 Å². The predicted molar refractivity (Wildman–Crippen MR) is 96.3 cm³/mol. The summed E-state index contributed by atoms with van der Waals surface area (Å²) >= 11 is 0. The van der Waals surface area contributed by atoms with Crippen molar-refractivity contribution in [1.82, 2.24) is 0 Å². The van der Waals surface area contributed by atoms with Crippen molar-refractivity contribution in [2.24, 2.45) is 5.92 Å². The number of hydrogen-bond acceptors (Lipinski definition) is 5. The van der Waals surface area contributed by atoms with Gasteiger partial charge in [0.1, 0.15) is 13.2 Å². The van der Waals surface area contributed by atoms with Crippen molar-refractivity contribution in [3.8, 4) is 24.7 Å². The molecule has 5 heteroatoms. The fourth-order valence-corrected chi connectivity index (χ4v) is 1.78. The lowest BCUT2D eigenvalue weighted by Crippen LogP contribution is -2.14. The van der Waals surface area contributed by atoms with Gasteiger partial charge in [-0.1, -0.05) is 42.2 Å². The lowest BCUT2D eigenvalue weighted by molar-refractivity contribution is -0.143. The number of ether oxygens (including phenoxy) is 2. The standard InChI is InChI=1S/C20H24O5/c1-4-14-24-16-19(22)17(6-3)11-9-12-18(10-7-8-13-21)20(23)25-15-5-2/h1-2,6-7,9-10,12,18,21H,8,11,13-16H2,3H3/b10-7+,12-9?,17-6+. The van der Waals surface area contributed by atoms with Crippen LogP contribution in [0.25, 0.3) is 0 Å². The van der Waals surface area contributed by atoms with Gasteiger partial charge in [0.05, 0.1) is 5.92 Å². The first-order valence-corrected chi connectivity index (χ1v) is 7.84. The summed E-state index contributed by atoms with van der Waals surface area (Å²) in [4.78, 5) is 23.9. The minimum atomic E-state index is -0.634. The van der Waals surface area contributed by atoms with E-state index in [4.69, 9.17) is 27.4 Å². The monoisotopic (exact) mass is 344 g/mol. The van der Waals surface area contributed by atoms with Gasteiger partial charge in [-0.3, -0.25) is 9.59 Å². The highest BCUT2D eigenvalue weighted by molar-refractivity contribution is 5.96. The van der Waals surface area contributed by atoms with Gasteiger partial charge >= 0.3 is 5.97 Å². The van der Waals surface area contributed by atoms with Gasteiger partial charge in [0.25, 0.3) is 0 Å². The number of hydrogen-bond donors (Lipinski definition) is 1. The lowest BCUT2D eigenvalue weighted by Gasteiger charge is -2.07. The van der Waals surface area contributed by atoms with E-state index < -0.39 is 11.9 Å². The molecule has 0 aliphatic heterocycles. The molecule has 0 bridgehead atoms. The van der Waals surface area contributed by atoms with Gasteiger partial charge in [0.15, 0.2) is 12.4 Å². The first-order chi connectivity index (χ1) is 12.1. The molecule has 0 spiro atoms. The van der Waals surface area contributed by atoms with Crippen molar-refractivity contribution in [1.29, 1.82) is 0 Å². The Morgan fingerprint density at radius 3 is 2.44 bits per heavy atom. The quantitative estimate of drug-likeness (QED) is 0.192. The van der Waals surface area contributed by atoms with Gasteiger partial charge in [0, 0.05) is 6.61 Å². The minimum Gasteiger partial charge on any atom is -0.452 e. The normalized spacial score (nSPS) is 12.7. The van der Waals surface area contributed by atoms with E-state index in [9.17, 15) is 9.59 Å². The molecular formula is C20H24O5. The second-order valence-corrected chi connectivity index (χ2v) is 4.84. The molecule has 0 aromatic heterocycles. The van der Waals surface area contributed by atoms with E-state index in [0.29, 0.717) is 18.4 Å². The van der Waals surface area contributed by atoms with Crippen molar-refractivity contribution in [2.45, 2.75) is 19.8 Å². The number of aliphatic hydroxyl groups is 1. The van der Waals surface area contributed by atoms with Crippen LogP contribution in [0.15, 0.2) is 36.0 Å². The van der Waals surface area contributed by atoms with E-state index in [2.05, 4.69) is 11.8 Å². The highest BCUT2D eigenvalue weighted by atomic mass is 16.5. The highest BCUT2D eigenvalue weighted by Crippen LogP contribution is 2.10. The largest absolute Gasteiger partial charge is 0.452 e. The molecule has 0 aromatic carbocycles. The van der Waals surface area contributed by atoms with Crippen LogP contribution in [0.5, 0.6) is 0 Å². The number of Topliss-reactive ketones (excluding diaryl/α,β-unsaturated/α-hetero) is 1. The van der Waals surface area contributed by atoms with Crippen molar-refractivity contribution < 1.29 is 24.2 Å². The number of carbonyl (C=O) groups excluding carboxylic acids is 2. The van der Waals surface area contributed by atoms with Crippen LogP contribution in [-0.2, 0) is 19.1 Å². The Hall–Kier alpha value is -2.60. The number of aliphatic hydroxyl groups excluding tert-OH is 1. The summed E-state index contributed by atoms with van der Waals surface area (Å²) in [6.45, 7) is 1.63. The second kappa shape index (κ2) is 15.0. The third-order valence-corrected chi connectivity index (χ3v) is 3.02. The number of allylic oxidation sites excluding steroid dienone is 2. The maximum atomic E-state index is 12.0. The van der Waals surface area contributed by atoms with E-state index in [0.717, 1.165) is 0 Å². The first kappa shape index (κ1) is 22.4. The zero-order valence-electron chi connectivity index (χ0n) is 14.4. The maximum absolute atomic E-state index is 12.0. The Balaban J connectivity index is 4.80. The zero-order valence-corrected chi connectivity index (χ0v) is 14.4. The third kappa shape index (κ3) is 10.7. The zero-order chi connectivity index (χ0) is 18.9. The van der Waals surface area contributed by atoms with Crippen molar-refractivity contribution in [2.75, 3.05) is 26.4 Å². The summed E-state index contributed by atoms with van der Waals surface area (Å²) in [5.74, 6) is 3.24. The Labute approximate surface area is 149 Å². The average Bonchev–Trinajstić information content (AvgIpc) is 2.61. The lowest BCUT2D eigenvalue weighted by atomic mass is 10.0. The Morgan fingerprint density at radius 2 is 1.84 bits per heavy atom. The van der Waals surface area contributed by atoms with Gasteiger partial charge in [-0.25, -0.2) is 0 Å². The third-order valence-electron chi connectivity index (χ3n) is 3.02. The molecule has 25 heavy (non-hydrogen) atoms. The maximum Gasteiger partial charge on any atom is 0.317 e. The highest BCUT2D eigenvalue weighted by Gasteiger charge is 2.13. The van der Waals surface area contributed by atoms with Crippen molar-refractivity contribution >= 4 is 11.8 Å². The fourth-order valence-electron chi connectivity index (χ4n) is 1.78. The first-order valence-electron chi connectivity index (χ1n) is 7.84. The number of carbonyl (C=O) groups is 2. The molecule has 0 fully saturated rings. The molecule has 134 valence electrons. The van der Waals surface area contributed by atoms with E-state index in [1.807, 2.05) is 0 Å². The summed E-state index contributed by atoms with van der Waals surface area (Å²) in [7, 11) is 0. The Kier molecular flexibility index (Phi) is 13.4. The van der Waals surface area contributed by atoms with Crippen LogP contribution in [0, 0.1) is 30.6 Å². The Morgan fingerprint density at radius 1 is 1.16 bits per heavy atom. The fraction of sp³-hybridized carbons (Fsp3) is 0.400. The van der Waals surface area contributed by atoms with Gasteiger partial charge in [-0.05, 0) is 25.3 Å². The molecule has 1 unspecified atom stereocenters. The predicted octanol–water partition coefficient (Wildman–Crippen LogP) is 1.83. The van der Waals surface area contributed by atoms with Crippen molar-refractivity contribution in [3.63, 3.8) is 0 Å². The Bertz CT molecular complexity index is 584. The van der Waals surface area contributed by atoms with Gasteiger partial charge in [-0.2, -0.15) is 0 Å². The SMILES string of the molecule is C#CCOCC(=O)/C(=C/C)CC=CC(/C=C/CCO)C(=O)OCC#C. The minimum absolute atomic E-state index is 0.0127. The van der Waals surface area contributed by atoms with Gasteiger partial charge in [-0.15, -0.1) is 12.8 Å². The van der Waals surface area contributed by atoms with Gasteiger partial charge < -0.3 is 14.6 Å². The second-order valence-electron chi connectivity index (χ2n) is 4.84. The summed E-state index contributed by atoms with van der Waals surface area (Å²) in [5.41, 5.74) is 0.559. The summed E-state index contributed by atoms with van der Waals surface area (Å²) < 4.78 is 9.94. The molecule has 0 saturated heterocycles. The van der Waals surface area contributed by atoms with Crippen molar-refractivity contribution in [3.05, 3.63) is 36.0 Å². The molecule has 1 atom stereocenters. The number of rotatable bonds is 12. The van der Waals surface area contributed by atoms with Crippen LogP contribution in [-0.4, -0.2) is 43.3 Å². The van der Waals surface area contributed by atoms with Gasteiger partial charge in [0.2, 0.25) is 0 Å². The van der Waals surface area contributed by atoms with Crippen LogP contribution in [0.1, 0.15) is 19.8 Å². The molecule has 0 aliphatic carbocycles. The summed E-state index contributed by atoms with van der Waals surface area (Å²) in [5, 5.41) is 8.81. The van der Waals surface area contributed by atoms with E-state index in [-0.39, 0.29) is 32.2 Å². The molecular weight excluding hydrogens is 320 g/mol. The molecule has 0 heterocycles. The smallest absolute Gasteiger partial charge is 0.317 e. The molecule has 0 amide bonds. The van der Waals surface area contributed by atoms with E-state index >= 15 is 0 Å². The summed E-state index contributed by atoms with van der Waals surface area (Å²) in [6.07, 6.45) is 19.2. The summed E-state index contributed by atoms with van der Waals surface area (Å²) in [6, 6.07) is 0. The van der Waals surface area contributed by atoms with E-state index in [1.165, 1.54) is 0 Å². The molecule has 0 aromatic rings. The van der Waals surface area contributed by atoms with Crippen LogP contribution in [0.2, 0.25) is 0 Å². The van der Waals surface area contributed by atoms with Crippen LogP contribution < -0.4 is 0 Å². The number of terminal acetylenes is 2. The average molecular weight is 344 g/mol. The van der Waals surface area contributed by atoms with Crippen LogP contribution in [0.4, 0.5) is 0 Å². The van der Waals surface area contributed by atoms with Crippen LogP contribution >= 0.6 is 0 Å². The van der Waals surface area contributed by atoms with E-state index in [1.54, 1.807) is 37.3 Å². The molecule has 5 nitrogen and oxygen atoms in total.